The quantitative estimate of drug-likeness (QED) is 0.384. The molecule has 0 bridgehead atoms. The second-order valence-corrected chi connectivity index (χ2v) is 8.40. The first-order valence-corrected chi connectivity index (χ1v) is 9.15. The summed E-state index contributed by atoms with van der Waals surface area (Å²) in [4.78, 5) is 11.5. The second kappa shape index (κ2) is 10.3. The van der Waals surface area contributed by atoms with E-state index in [1.807, 2.05) is 21.1 Å². The first-order valence-electron chi connectivity index (χ1n) is 9.15. The van der Waals surface area contributed by atoms with Crippen molar-refractivity contribution in [3.05, 3.63) is 0 Å². The molecular weight excluding hydrogens is 274 g/mol. The lowest BCUT2D eigenvalue weighted by molar-refractivity contribution is -0.896. The third-order valence-electron chi connectivity index (χ3n) is 4.66. The maximum atomic E-state index is 11.5. The molecule has 0 spiro atoms. The summed E-state index contributed by atoms with van der Waals surface area (Å²) < 4.78 is 0.423. The van der Waals surface area contributed by atoms with Crippen molar-refractivity contribution in [2.75, 3.05) is 21.1 Å². The lowest BCUT2D eigenvalue weighted by Crippen LogP contribution is -2.61. The van der Waals surface area contributed by atoms with Crippen LogP contribution in [0.15, 0.2) is 0 Å². The van der Waals surface area contributed by atoms with E-state index in [0.717, 1.165) is 12.8 Å². The highest BCUT2D eigenvalue weighted by molar-refractivity contribution is 5.70. The molecule has 0 aromatic heterocycles. The van der Waals surface area contributed by atoms with Crippen molar-refractivity contribution in [3.63, 3.8) is 0 Å². The standard InChI is InChI=1S/C19H39NO2/c1-7-8-9-10-11-12-13-14-15-16-19(2,3)17(18(21)22)20(4,5)6/h17H,7-16H2,1-6H3. The number of aliphatic carboxylic acids is 1. The zero-order valence-corrected chi connectivity index (χ0v) is 15.9. The van der Waals surface area contributed by atoms with Gasteiger partial charge in [-0.05, 0) is 6.42 Å². The smallest absolute Gasteiger partial charge is 0.134 e. The van der Waals surface area contributed by atoms with Gasteiger partial charge in [0.1, 0.15) is 6.04 Å². The van der Waals surface area contributed by atoms with Crippen LogP contribution in [0.5, 0.6) is 0 Å². The second-order valence-electron chi connectivity index (χ2n) is 8.40. The summed E-state index contributed by atoms with van der Waals surface area (Å²) in [6.07, 6.45) is 12.7. The zero-order valence-electron chi connectivity index (χ0n) is 15.9. The average molecular weight is 314 g/mol. The Morgan fingerprint density at radius 3 is 1.68 bits per heavy atom. The van der Waals surface area contributed by atoms with Crippen molar-refractivity contribution in [1.29, 1.82) is 0 Å². The van der Waals surface area contributed by atoms with Gasteiger partial charge in [0.2, 0.25) is 0 Å². The van der Waals surface area contributed by atoms with E-state index in [0.29, 0.717) is 4.48 Å². The van der Waals surface area contributed by atoms with Gasteiger partial charge in [0.25, 0.3) is 0 Å². The van der Waals surface area contributed by atoms with Crippen molar-refractivity contribution in [2.24, 2.45) is 5.41 Å². The summed E-state index contributed by atoms with van der Waals surface area (Å²) in [7, 11) is 5.83. The van der Waals surface area contributed by atoms with E-state index < -0.39 is 12.0 Å². The molecule has 3 nitrogen and oxygen atoms in total. The Hall–Kier alpha value is -0.570. The number of hydrogen-bond acceptors (Lipinski definition) is 2. The molecule has 3 heteroatoms. The molecule has 132 valence electrons. The molecule has 22 heavy (non-hydrogen) atoms. The van der Waals surface area contributed by atoms with E-state index in [9.17, 15) is 9.90 Å². The Morgan fingerprint density at radius 2 is 1.32 bits per heavy atom. The third kappa shape index (κ3) is 8.77. The van der Waals surface area contributed by atoms with E-state index in [-0.39, 0.29) is 5.41 Å². The van der Waals surface area contributed by atoms with E-state index in [4.69, 9.17) is 0 Å². The maximum absolute atomic E-state index is 11.5. The summed E-state index contributed by atoms with van der Waals surface area (Å²) in [5, 5.41) is 11.5. The van der Waals surface area contributed by atoms with Crippen molar-refractivity contribution < 1.29 is 14.4 Å². The number of carbonyl (C=O) groups is 1. The maximum Gasteiger partial charge on any atom is 0.134 e. The van der Waals surface area contributed by atoms with Crippen LogP contribution in [-0.4, -0.2) is 37.6 Å². The number of likely N-dealkylation sites (N-methyl/N-ethyl adjacent to an activating group) is 1. The van der Waals surface area contributed by atoms with Gasteiger partial charge in [0, 0.05) is 5.41 Å². The summed E-state index contributed by atoms with van der Waals surface area (Å²) in [5.41, 5.74) is -0.224. The predicted octanol–water partition coefficient (Wildman–Crippen LogP) is 3.76. The SMILES string of the molecule is CCCCCCCCCCCC(C)(C)C(C(=O)[O-])[N+](C)(C)C. The Kier molecular flexibility index (Phi) is 9.99. The fraction of sp³-hybridized carbons (Fsp3) is 0.947. The van der Waals surface area contributed by atoms with E-state index in [2.05, 4.69) is 20.8 Å². The van der Waals surface area contributed by atoms with Crippen LogP contribution < -0.4 is 5.11 Å². The Balaban J connectivity index is 3.99. The molecule has 1 unspecified atom stereocenters. The van der Waals surface area contributed by atoms with Crippen molar-refractivity contribution in [1.82, 2.24) is 0 Å². The molecule has 0 aliphatic heterocycles. The van der Waals surface area contributed by atoms with E-state index in [1.54, 1.807) is 0 Å². The number of rotatable bonds is 13. The van der Waals surface area contributed by atoms with Crippen LogP contribution in [0.4, 0.5) is 0 Å². The molecule has 0 amide bonds. The van der Waals surface area contributed by atoms with Gasteiger partial charge in [0.05, 0.1) is 27.1 Å². The monoisotopic (exact) mass is 313 g/mol. The lowest BCUT2D eigenvalue weighted by atomic mass is 9.78. The molecule has 0 saturated heterocycles. The number of nitrogens with zero attached hydrogens (tertiary/aromatic N) is 1. The van der Waals surface area contributed by atoms with Crippen LogP contribution in [0.2, 0.25) is 0 Å². The minimum Gasteiger partial charge on any atom is -0.544 e. The molecule has 0 rings (SSSR count). The van der Waals surface area contributed by atoms with Crippen molar-refractivity contribution >= 4 is 5.97 Å². The van der Waals surface area contributed by atoms with Gasteiger partial charge in [0.15, 0.2) is 0 Å². The number of unbranched alkanes of at least 4 members (excludes halogenated alkanes) is 8. The molecule has 0 aromatic rings. The zero-order chi connectivity index (χ0) is 17.2. The topological polar surface area (TPSA) is 40.1 Å². The van der Waals surface area contributed by atoms with Gasteiger partial charge in [-0.3, -0.25) is 0 Å². The fourth-order valence-electron chi connectivity index (χ4n) is 3.71. The van der Waals surface area contributed by atoms with Crippen LogP contribution in [0.3, 0.4) is 0 Å². The molecule has 1 atom stereocenters. The van der Waals surface area contributed by atoms with Gasteiger partial charge in [-0.1, -0.05) is 78.6 Å². The summed E-state index contributed by atoms with van der Waals surface area (Å²) >= 11 is 0. The Bertz CT molecular complexity index is 305. The number of carbonyl (C=O) groups excluding carboxylic acids is 1. The first kappa shape index (κ1) is 21.4. The predicted molar refractivity (Wildman–Crippen MR) is 92.5 cm³/mol. The molecule has 0 aromatic carbocycles. The normalized spacial score (nSPS) is 14.1. The summed E-state index contributed by atoms with van der Waals surface area (Å²) in [5.74, 6) is -0.923. The van der Waals surface area contributed by atoms with Crippen LogP contribution in [0.25, 0.3) is 0 Å². The fourth-order valence-corrected chi connectivity index (χ4v) is 3.71. The van der Waals surface area contributed by atoms with E-state index >= 15 is 0 Å². The summed E-state index contributed by atoms with van der Waals surface area (Å²) in [6, 6.07) is -0.457. The largest absolute Gasteiger partial charge is 0.544 e. The minimum absolute atomic E-state index is 0.224. The van der Waals surface area contributed by atoms with Crippen LogP contribution >= 0.6 is 0 Å². The van der Waals surface area contributed by atoms with E-state index in [1.165, 1.54) is 51.4 Å². The minimum atomic E-state index is -0.923. The lowest BCUT2D eigenvalue weighted by Gasteiger charge is -2.44. The van der Waals surface area contributed by atoms with Gasteiger partial charge in [-0.25, -0.2) is 0 Å². The van der Waals surface area contributed by atoms with Gasteiger partial charge in [-0.15, -0.1) is 0 Å². The number of carboxylic acid groups (broad SMARTS) is 1. The van der Waals surface area contributed by atoms with Gasteiger partial charge < -0.3 is 14.4 Å². The Labute approximate surface area is 138 Å². The molecule has 0 heterocycles. The molecule has 0 saturated carbocycles. The average Bonchev–Trinajstić information content (AvgIpc) is 2.33. The molecule has 0 aliphatic rings. The Morgan fingerprint density at radius 1 is 0.909 bits per heavy atom. The number of carboxylic acids is 1. The highest BCUT2D eigenvalue weighted by atomic mass is 16.4. The molecule has 0 radical (unpaired) electrons. The third-order valence-corrected chi connectivity index (χ3v) is 4.66. The number of hydrogen-bond donors (Lipinski definition) is 0. The molecule has 0 aliphatic carbocycles. The molecular formula is C19H39NO2. The van der Waals surface area contributed by atoms with Gasteiger partial charge in [-0.2, -0.15) is 0 Å². The van der Waals surface area contributed by atoms with Crippen LogP contribution in [0.1, 0.15) is 85.0 Å². The highest BCUT2D eigenvalue weighted by Gasteiger charge is 2.39. The van der Waals surface area contributed by atoms with Crippen LogP contribution in [0, 0.1) is 5.41 Å². The highest BCUT2D eigenvalue weighted by Crippen LogP contribution is 2.32. The van der Waals surface area contributed by atoms with Crippen molar-refractivity contribution in [3.8, 4) is 0 Å². The molecule has 0 N–H and O–H groups in total. The summed E-state index contributed by atoms with van der Waals surface area (Å²) in [6.45, 7) is 6.39. The first-order chi connectivity index (χ1) is 10.1. The van der Waals surface area contributed by atoms with Crippen LogP contribution in [-0.2, 0) is 4.79 Å². The van der Waals surface area contributed by atoms with Crippen molar-refractivity contribution in [2.45, 2.75) is 91.0 Å². The van der Waals surface area contributed by atoms with Gasteiger partial charge >= 0.3 is 0 Å². The number of quaternary nitrogens is 1. The molecule has 0 fully saturated rings.